The van der Waals surface area contributed by atoms with Crippen molar-refractivity contribution in [3.63, 3.8) is 0 Å². The summed E-state index contributed by atoms with van der Waals surface area (Å²) >= 11 is 0. The number of esters is 1. The highest BCUT2D eigenvalue weighted by Crippen LogP contribution is 2.25. The largest absolute Gasteiger partial charge is 0.469 e. The SMILES string of the molecule is COC(=O)CCC1CCC(=O)C1. The summed E-state index contributed by atoms with van der Waals surface area (Å²) in [6, 6.07) is 0. The van der Waals surface area contributed by atoms with Crippen molar-refractivity contribution in [3.8, 4) is 0 Å². The molecule has 0 aromatic heterocycles. The molecule has 68 valence electrons. The minimum atomic E-state index is -0.172. The van der Waals surface area contributed by atoms with Crippen LogP contribution in [0.2, 0.25) is 0 Å². The van der Waals surface area contributed by atoms with Crippen LogP contribution in [0.5, 0.6) is 0 Å². The summed E-state index contributed by atoms with van der Waals surface area (Å²) in [6.07, 6.45) is 3.57. The van der Waals surface area contributed by atoms with Crippen LogP contribution in [0.3, 0.4) is 0 Å². The molecule has 3 nitrogen and oxygen atoms in total. The Morgan fingerprint density at radius 2 is 2.42 bits per heavy atom. The van der Waals surface area contributed by atoms with Crippen molar-refractivity contribution in [2.75, 3.05) is 7.11 Å². The van der Waals surface area contributed by atoms with Gasteiger partial charge in [0.2, 0.25) is 0 Å². The first-order chi connectivity index (χ1) is 5.72. The first-order valence-corrected chi connectivity index (χ1v) is 4.31. The maximum atomic E-state index is 10.9. The lowest BCUT2D eigenvalue weighted by Crippen LogP contribution is -2.04. The second kappa shape index (κ2) is 4.24. The van der Waals surface area contributed by atoms with Crippen LogP contribution in [0.4, 0.5) is 0 Å². The highest BCUT2D eigenvalue weighted by molar-refractivity contribution is 5.80. The summed E-state index contributed by atoms with van der Waals surface area (Å²) in [5.74, 6) is 0.593. The van der Waals surface area contributed by atoms with Crippen LogP contribution in [-0.2, 0) is 14.3 Å². The van der Waals surface area contributed by atoms with E-state index in [0.29, 0.717) is 31.0 Å². The topological polar surface area (TPSA) is 43.4 Å². The van der Waals surface area contributed by atoms with Gasteiger partial charge >= 0.3 is 5.97 Å². The number of carbonyl (C=O) groups excluding carboxylic acids is 2. The molecule has 0 amide bonds. The zero-order valence-electron chi connectivity index (χ0n) is 7.34. The summed E-state index contributed by atoms with van der Waals surface area (Å²) < 4.78 is 4.51. The predicted octanol–water partition coefficient (Wildman–Crippen LogP) is 1.31. The number of hydrogen-bond donors (Lipinski definition) is 0. The smallest absolute Gasteiger partial charge is 0.305 e. The van der Waals surface area contributed by atoms with E-state index < -0.39 is 0 Å². The summed E-state index contributed by atoms with van der Waals surface area (Å²) in [5.41, 5.74) is 0. The first-order valence-electron chi connectivity index (χ1n) is 4.31. The zero-order valence-corrected chi connectivity index (χ0v) is 7.34. The molecule has 0 radical (unpaired) electrons. The molecule has 1 saturated carbocycles. The molecule has 1 atom stereocenters. The minimum Gasteiger partial charge on any atom is -0.469 e. The maximum Gasteiger partial charge on any atom is 0.305 e. The standard InChI is InChI=1S/C9H14O3/c1-12-9(11)5-3-7-2-4-8(10)6-7/h7H,2-6H2,1H3. The van der Waals surface area contributed by atoms with Crippen LogP contribution in [-0.4, -0.2) is 18.9 Å². The van der Waals surface area contributed by atoms with E-state index in [4.69, 9.17) is 0 Å². The van der Waals surface area contributed by atoms with E-state index in [2.05, 4.69) is 4.74 Å². The fourth-order valence-corrected chi connectivity index (χ4v) is 1.56. The van der Waals surface area contributed by atoms with Crippen molar-refractivity contribution in [3.05, 3.63) is 0 Å². The number of methoxy groups -OCH3 is 1. The molecule has 0 spiro atoms. The molecular formula is C9H14O3. The van der Waals surface area contributed by atoms with Gasteiger partial charge in [0.05, 0.1) is 7.11 Å². The number of ether oxygens (including phenoxy) is 1. The normalized spacial score (nSPS) is 22.8. The fraction of sp³-hybridized carbons (Fsp3) is 0.778. The first kappa shape index (κ1) is 9.23. The summed E-state index contributed by atoms with van der Waals surface area (Å²) in [5, 5.41) is 0. The number of hydrogen-bond acceptors (Lipinski definition) is 3. The molecular weight excluding hydrogens is 156 g/mol. The lowest BCUT2D eigenvalue weighted by atomic mass is 10.0. The Hall–Kier alpha value is -0.860. The van der Waals surface area contributed by atoms with Crippen molar-refractivity contribution in [1.29, 1.82) is 0 Å². The fourth-order valence-electron chi connectivity index (χ4n) is 1.56. The molecule has 1 aliphatic rings. The van der Waals surface area contributed by atoms with E-state index in [1.807, 2.05) is 0 Å². The molecule has 0 aromatic rings. The highest BCUT2D eigenvalue weighted by Gasteiger charge is 2.22. The van der Waals surface area contributed by atoms with Gasteiger partial charge in [0.15, 0.2) is 0 Å². The second-order valence-corrected chi connectivity index (χ2v) is 3.26. The number of carbonyl (C=O) groups is 2. The molecule has 1 unspecified atom stereocenters. The molecule has 0 heterocycles. The van der Waals surface area contributed by atoms with Gasteiger partial charge in [-0.15, -0.1) is 0 Å². The van der Waals surface area contributed by atoms with Gasteiger partial charge in [-0.2, -0.15) is 0 Å². The van der Waals surface area contributed by atoms with Crippen molar-refractivity contribution >= 4 is 11.8 Å². The average molecular weight is 170 g/mol. The Bertz CT molecular complexity index is 186. The van der Waals surface area contributed by atoms with Crippen LogP contribution < -0.4 is 0 Å². The van der Waals surface area contributed by atoms with Gasteiger partial charge in [-0.25, -0.2) is 0 Å². The Morgan fingerprint density at radius 1 is 1.67 bits per heavy atom. The third-order valence-corrected chi connectivity index (χ3v) is 2.33. The van der Waals surface area contributed by atoms with Crippen molar-refractivity contribution < 1.29 is 14.3 Å². The van der Waals surface area contributed by atoms with E-state index in [9.17, 15) is 9.59 Å². The third-order valence-electron chi connectivity index (χ3n) is 2.33. The van der Waals surface area contributed by atoms with Crippen molar-refractivity contribution in [1.82, 2.24) is 0 Å². The third kappa shape index (κ3) is 2.64. The van der Waals surface area contributed by atoms with E-state index in [-0.39, 0.29) is 5.97 Å². The number of Topliss-reactive ketones (excluding diaryl/α,β-unsaturated/α-hetero) is 1. The number of ketones is 1. The molecule has 1 aliphatic carbocycles. The molecule has 1 rings (SSSR count). The molecule has 0 N–H and O–H groups in total. The van der Waals surface area contributed by atoms with Gasteiger partial charge in [0.25, 0.3) is 0 Å². The second-order valence-electron chi connectivity index (χ2n) is 3.26. The lowest BCUT2D eigenvalue weighted by molar-refractivity contribution is -0.141. The zero-order chi connectivity index (χ0) is 8.97. The van der Waals surface area contributed by atoms with E-state index in [1.165, 1.54) is 7.11 Å². The molecule has 0 aliphatic heterocycles. The maximum absolute atomic E-state index is 10.9. The Balaban J connectivity index is 2.16. The van der Waals surface area contributed by atoms with E-state index in [0.717, 1.165) is 12.8 Å². The Morgan fingerprint density at radius 3 is 2.92 bits per heavy atom. The van der Waals surface area contributed by atoms with Crippen LogP contribution in [0, 0.1) is 5.92 Å². The van der Waals surface area contributed by atoms with Gasteiger partial charge in [-0.1, -0.05) is 0 Å². The van der Waals surface area contributed by atoms with Crippen LogP contribution in [0.15, 0.2) is 0 Å². The average Bonchev–Trinajstić information content (AvgIpc) is 2.47. The minimum absolute atomic E-state index is 0.172. The number of rotatable bonds is 3. The van der Waals surface area contributed by atoms with Crippen molar-refractivity contribution in [2.45, 2.75) is 32.1 Å². The summed E-state index contributed by atoms with van der Waals surface area (Å²) in [4.78, 5) is 21.6. The summed E-state index contributed by atoms with van der Waals surface area (Å²) in [7, 11) is 1.39. The van der Waals surface area contributed by atoms with Gasteiger partial charge in [-0.05, 0) is 18.8 Å². The molecule has 12 heavy (non-hydrogen) atoms. The van der Waals surface area contributed by atoms with Crippen LogP contribution in [0.1, 0.15) is 32.1 Å². The summed E-state index contributed by atoms with van der Waals surface area (Å²) in [6.45, 7) is 0. The van der Waals surface area contributed by atoms with Gasteiger partial charge in [0.1, 0.15) is 5.78 Å². The highest BCUT2D eigenvalue weighted by atomic mass is 16.5. The quantitative estimate of drug-likeness (QED) is 0.600. The van der Waals surface area contributed by atoms with Crippen LogP contribution >= 0.6 is 0 Å². The predicted molar refractivity (Wildman–Crippen MR) is 43.6 cm³/mol. The molecule has 0 saturated heterocycles. The lowest BCUT2D eigenvalue weighted by Gasteiger charge is -2.05. The van der Waals surface area contributed by atoms with Gasteiger partial charge in [0, 0.05) is 19.3 Å². The molecule has 0 bridgehead atoms. The molecule has 1 fully saturated rings. The Labute approximate surface area is 72.1 Å². The Kier molecular flexibility index (Phi) is 3.26. The van der Waals surface area contributed by atoms with Gasteiger partial charge in [-0.3, -0.25) is 9.59 Å². The van der Waals surface area contributed by atoms with E-state index >= 15 is 0 Å². The van der Waals surface area contributed by atoms with E-state index in [1.54, 1.807) is 0 Å². The molecule has 3 heteroatoms. The molecule has 0 aromatic carbocycles. The van der Waals surface area contributed by atoms with Gasteiger partial charge < -0.3 is 4.74 Å². The van der Waals surface area contributed by atoms with Crippen molar-refractivity contribution in [2.24, 2.45) is 5.92 Å². The van der Waals surface area contributed by atoms with Crippen LogP contribution in [0.25, 0.3) is 0 Å². The monoisotopic (exact) mass is 170 g/mol.